The molecule has 0 aromatic carbocycles. The van der Waals surface area contributed by atoms with E-state index < -0.39 is 0 Å². The molecule has 0 aromatic rings. The summed E-state index contributed by atoms with van der Waals surface area (Å²) in [5.74, 6) is 0. The first-order valence-electron chi connectivity index (χ1n) is 5.60. The Kier molecular flexibility index (Phi) is 6.20. The molecule has 1 saturated heterocycles. The highest BCUT2D eigenvalue weighted by molar-refractivity contribution is 4.81. The van der Waals surface area contributed by atoms with Crippen LogP contribution in [0.3, 0.4) is 0 Å². The lowest BCUT2D eigenvalue weighted by atomic mass is 10.2. The Morgan fingerprint density at radius 2 is 1.14 bits per heavy atom. The second kappa shape index (κ2) is 7.24. The zero-order chi connectivity index (χ0) is 10.2. The van der Waals surface area contributed by atoms with Crippen molar-refractivity contribution in [2.24, 2.45) is 0 Å². The minimum atomic E-state index is 1.01. The van der Waals surface area contributed by atoms with Crippen molar-refractivity contribution in [3.05, 3.63) is 26.9 Å². The van der Waals surface area contributed by atoms with E-state index in [0.29, 0.717) is 0 Å². The molecule has 0 atom stereocenters. The second-order valence-corrected chi connectivity index (χ2v) is 3.72. The van der Waals surface area contributed by atoms with Crippen LogP contribution in [0.5, 0.6) is 0 Å². The molecule has 1 rings (SSSR count). The van der Waals surface area contributed by atoms with E-state index in [1.807, 2.05) is 0 Å². The number of hydrogen-bond donors (Lipinski definition) is 0. The molecule has 0 aliphatic carbocycles. The van der Waals surface area contributed by atoms with Gasteiger partial charge < -0.3 is 0 Å². The largest absolute Gasteiger partial charge is 0.296 e. The highest BCUT2D eigenvalue weighted by Crippen LogP contribution is 2.09. The Bertz CT molecular complexity index is 112. The molecule has 1 fully saturated rings. The summed E-state index contributed by atoms with van der Waals surface area (Å²) in [6, 6.07) is 0. The van der Waals surface area contributed by atoms with E-state index in [4.69, 9.17) is 0 Å². The molecule has 4 radical (unpaired) electrons. The zero-order valence-corrected chi connectivity index (χ0v) is 9.12. The standard InChI is InChI=1S/C12H22N2/c1-3-5-7-13-9-11-14(12-10-13)8-6-4-2/h7-8H,1-6,9-12H2. The molecule has 1 heterocycles. The Morgan fingerprint density at radius 3 is 1.43 bits per heavy atom. The van der Waals surface area contributed by atoms with Gasteiger partial charge in [-0.1, -0.05) is 26.7 Å². The highest BCUT2D eigenvalue weighted by Gasteiger charge is 2.15. The summed E-state index contributed by atoms with van der Waals surface area (Å²) in [7, 11) is 0. The molecule has 1 aliphatic rings. The second-order valence-electron chi connectivity index (χ2n) is 3.72. The van der Waals surface area contributed by atoms with Crippen molar-refractivity contribution in [2.75, 3.05) is 26.2 Å². The van der Waals surface area contributed by atoms with Crippen LogP contribution < -0.4 is 0 Å². The molecule has 14 heavy (non-hydrogen) atoms. The number of hydrogen-bond acceptors (Lipinski definition) is 2. The smallest absolute Gasteiger partial charge is 0.0252 e. The van der Waals surface area contributed by atoms with Crippen molar-refractivity contribution < 1.29 is 0 Å². The van der Waals surface area contributed by atoms with Gasteiger partial charge in [0.1, 0.15) is 0 Å². The number of unbranched alkanes of at least 4 members (excludes halogenated alkanes) is 2. The van der Waals surface area contributed by atoms with E-state index in [1.165, 1.54) is 0 Å². The van der Waals surface area contributed by atoms with E-state index in [-0.39, 0.29) is 0 Å². The summed E-state index contributed by atoms with van der Waals surface area (Å²) in [6.45, 7) is 16.9. The van der Waals surface area contributed by atoms with Gasteiger partial charge in [-0.2, -0.15) is 0 Å². The van der Waals surface area contributed by atoms with Crippen molar-refractivity contribution in [3.8, 4) is 0 Å². The molecule has 0 aromatic heterocycles. The number of nitrogens with zero attached hydrogens (tertiary/aromatic N) is 2. The van der Waals surface area contributed by atoms with E-state index >= 15 is 0 Å². The van der Waals surface area contributed by atoms with Crippen LogP contribution >= 0.6 is 0 Å². The average molecular weight is 194 g/mol. The van der Waals surface area contributed by atoms with Crippen LogP contribution in [0.25, 0.3) is 0 Å². The fourth-order valence-corrected chi connectivity index (χ4v) is 1.65. The third-order valence-corrected chi connectivity index (χ3v) is 2.53. The van der Waals surface area contributed by atoms with Crippen LogP contribution in [0.1, 0.15) is 25.7 Å². The van der Waals surface area contributed by atoms with Crippen molar-refractivity contribution >= 4 is 0 Å². The predicted octanol–water partition coefficient (Wildman–Crippen LogP) is 2.16. The molecule has 0 spiro atoms. The minimum absolute atomic E-state index is 1.01. The fraction of sp³-hybridized carbons (Fsp3) is 0.667. The summed E-state index contributed by atoms with van der Waals surface area (Å²) >= 11 is 0. The molecule has 1 aliphatic heterocycles. The molecule has 80 valence electrons. The summed E-state index contributed by atoms with van der Waals surface area (Å²) in [6.07, 6.45) is 4.24. The van der Waals surface area contributed by atoms with Gasteiger partial charge in [-0.15, -0.1) is 0 Å². The highest BCUT2D eigenvalue weighted by atomic mass is 15.3. The first-order valence-corrected chi connectivity index (χ1v) is 5.60. The number of piperazine rings is 1. The molecule has 2 heteroatoms. The first-order chi connectivity index (χ1) is 6.86. The van der Waals surface area contributed by atoms with Crippen LogP contribution in [-0.2, 0) is 0 Å². The van der Waals surface area contributed by atoms with Gasteiger partial charge >= 0.3 is 0 Å². The molecule has 0 bridgehead atoms. The quantitative estimate of drug-likeness (QED) is 0.639. The van der Waals surface area contributed by atoms with E-state index in [9.17, 15) is 0 Å². The van der Waals surface area contributed by atoms with Crippen LogP contribution in [0.4, 0.5) is 0 Å². The zero-order valence-electron chi connectivity index (χ0n) is 9.12. The van der Waals surface area contributed by atoms with Gasteiger partial charge in [0.25, 0.3) is 0 Å². The van der Waals surface area contributed by atoms with Gasteiger partial charge in [-0.25, -0.2) is 0 Å². The Hall–Kier alpha value is -0.0800. The van der Waals surface area contributed by atoms with Crippen LogP contribution in [0.15, 0.2) is 0 Å². The molecule has 2 nitrogen and oxygen atoms in total. The van der Waals surface area contributed by atoms with Crippen molar-refractivity contribution in [1.82, 2.24) is 9.80 Å². The Balaban J connectivity index is 2.05. The fourth-order valence-electron chi connectivity index (χ4n) is 1.65. The minimum Gasteiger partial charge on any atom is -0.296 e. The molecule has 0 amide bonds. The molecule has 0 N–H and O–H groups in total. The van der Waals surface area contributed by atoms with E-state index in [2.05, 4.69) is 36.7 Å². The lowest BCUT2D eigenvalue weighted by Gasteiger charge is -2.34. The van der Waals surface area contributed by atoms with Gasteiger partial charge in [0, 0.05) is 39.3 Å². The summed E-state index contributed by atoms with van der Waals surface area (Å²) in [5.41, 5.74) is 0. The van der Waals surface area contributed by atoms with E-state index in [0.717, 1.165) is 51.9 Å². The maximum Gasteiger partial charge on any atom is 0.0252 e. The maximum atomic E-state index is 3.84. The SMILES string of the molecule is [CH2]CC[CH]N1CCN([CH]CC[CH2])CC1. The van der Waals surface area contributed by atoms with Gasteiger partial charge in [-0.3, -0.25) is 9.80 Å². The number of rotatable bonds is 6. The van der Waals surface area contributed by atoms with Crippen molar-refractivity contribution in [1.29, 1.82) is 0 Å². The monoisotopic (exact) mass is 194 g/mol. The Morgan fingerprint density at radius 1 is 0.786 bits per heavy atom. The molecular formula is C12H22N2. The van der Waals surface area contributed by atoms with E-state index in [1.54, 1.807) is 0 Å². The van der Waals surface area contributed by atoms with Gasteiger partial charge in [0.15, 0.2) is 0 Å². The van der Waals surface area contributed by atoms with Crippen molar-refractivity contribution in [3.63, 3.8) is 0 Å². The van der Waals surface area contributed by atoms with Gasteiger partial charge in [-0.05, 0) is 12.8 Å². The van der Waals surface area contributed by atoms with Crippen molar-refractivity contribution in [2.45, 2.75) is 25.7 Å². The molecular weight excluding hydrogens is 172 g/mol. The summed E-state index contributed by atoms with van der Waals surface area (Å²) in [5, 5.41) is 0. The predicted molar refractivity (Wildman–Crippen MR) is 60.9 cm³/mol. The van der Waals surface area contributed by atoms with Crippen LogP contribution in [0.2, 0.25) is 0 Å². The maximum absolute atomic E-state index is 3.84. The molecule has 0 saturated carbocycles. The molecule has 0 unspecified atom stereocenters. The van der Waals surface area contributed by atoms with Crippen LogP contribution in [0, 0.1) is 26.9 Å². The Labute approximate surface area is 89.3 Å². The summed E-state index contributed by atoms with van der Waals surface area (Å²) < 4.78 is 0. The lowest BCUT2D eigenvalue weighted by Crippen LogP contribution is -2.43. The van der Waals surface area contributed by atoms with Gasteiger partial charge in [0.05, 0.1) is 0 Å². The van der Waals surface area contributed by atoms with Crippen LogP contribution in [-0.4, -0.2) is 36.0 Å². The normalized spacial score (nSPS) is 20.1. The third-order valence-electron chi connectivity index (χ3n) is 2.53. The average Bonchev–Trinajstić information content (AvgIpc) is 2.25. The third kappa shape index (κ3) is 4.43. The first kappa shape index (κ1) is 12.0. The van der Waals surface area contributed by atoms with Gasteiger partial charge in [0.2, 0.25) is 0 Å². The summed E-state index contributed by atoms with van der Waals surface area (Å²) in [4.78, 5) is 4.83. The lowest BCUT2D eigenvalue weighted by molar-refractivity contribution is 0.176. The topological polar surface area (TPSA) is 6.48 Å².